The fraction of sp³-hybridized carbons (Fsp3) is 0.316. The van der Waals surface area contributed by atoms with Crippen molar-refractivity contribution < 1.29 is 4.74 Å². The molecule has 2 aromatic rings. The number of aryl methyl sites for hydroxylation is 1. The summed E-state index contributed by atoms with van der Waals surface area (Å²) in [6.07, 6.45) is 4.12. The van der Waals surface area contributed by atoms with E-state index in [-0.39, 0.29) is 0 Å². The zero-order chi connectivity index (χ0) is 15.4. The molecule has 0 atom stereocenters. The Morgan fingerprint density at radius 2 is 2.00 bits per heavy atom. The van der Waals surface area contributed by atoms with Crippen LogP contribution >= 0.6 is 0 Å². The van der Waals surface area contributed by atoms with Gasteiger partial charge < -0.3 is 4.74 Å². The van der Waals surface area contributed by atoms with Crippen molar-refractivity contribution in [1.29, 1.82) is 0 Å². The number of nitrogens with zero attached hydrogens (tertiary/aromatic N) is 1. The Kier molecular flexibility index (Phi) is 4.79. The van der Waals surface area contributed by atoms with Crippen molar-refractivity contribution in [3.8, 4) is 17.0 Å². The van der Waals surface area contributed by atoms with Crippen molar-refractivity contribution >= 4 is 5.57 Å². The first-order valence-corrected chi connectivity index (χ1v) is 7.31. The molecule has 1 aromatic carbocycles. The monoisotopic (exact) mass is 281 g/mol. The average molecular weight is 281 g/mol. The van der Waals surface area contributed by atoms with E-state index in [2.05, 4.69) is 57.0 Å². The number of pyridine rings is 1. The van der Waals surface area contributed by atoms with Gasteiger partial charge in [-0.25, -0.2) is 0 Å². The second-order valence-electron chi connectivity index (χ2n) is 5.67. The molecule has 0 saturated heterocycles. The largest absolute Gasteiger partial charge is 0.497 e. The maximum absolute atomic E-state index is 5.38. The second-order valence-corrected chi connectivity index (χ2v) is 5.67. The number of aromatic nitrogens is 1. The lowest BCUT2D eigenvalue weighted by atomic mass is 9.94. The van der Waals surface area contributed by atoms with Crippen LogP contribution in [0.2, 0.25) is 0 Å². The summed E-state index contributed by atoms with van der Waals surface area (Å²) >= 11 is 0. The second kappa shape index (κ2) is 6.57. The molecule has 21 heavy (non-hydrogen) atoms. The van der Waals surface area contributed by atoms with Crippen molar-refractivity contribution in [1.82, 2.24) is 4.98 Å². The average Bonchev–Trinajstić information content (AvgIpc) is 2.46. The molecule has 0 N–H and O–H groups in total. The third-order valence-electron chi connectivity index (χ3n) is 3.50. The van der Waals surface area contributed by atoms with Gasteiger partial charge in [0, 0.05) is 11.8 Å². The van der Waals surface area contributed by atoms with Gasteiger partial charge in [0.25, 0.3) is 0 Å². The molecule has 0 radical (unpaired) electrons. The maximum atomic E-state index is 5.38. The highest BCUT2D eigenvalue weighted by atomic mass is 16.5. The van der Waals surface area contributed by atoms with Gasteiger partial charge in [-0.15, -0.1) is 0 Å². The molecular formula is C19H23NO. The first-order chi connectivity index (χ1) is 10.0. The minimum absolute atomic E-state index is 0.508. The van der Waals surface area contributed by atoms with E-state index in [1.165, 1.54) is 16.7 Å². The van der Waals surface area contributed by atoms with E-state index in [1.807, 2.05) is 18.3 Å². The molecule has 110 valence electrons. The molecule has 2 heteroatoms. The lowest BCUT2D eigenvalue weighted by Crippen LogP contribution is -1.95. The van der Waals surface area contributed by atoms with Crippen molar-refractivity contribution in [2.45, 2.75) is 27.7 Å². The Balaban J connectivity index is 2.64. The Bertz CT molecular complexity index is 656. The summed E-state index contributed by atoms with van der Waals surface area (Å²) in [5.41, 5.74) is 5.81. The van der Waals surface area contributed by atoms with Crippen LogP contribution in [-0.2, 0) is 0 Å². The highest BCUT2D eigenvalue weighted by molar-refractivity contribution is 5.81. The molecule has 0 fully saturated rings. The number of benzene rings is 1. The Hall–Kier alpha value is -2.09. The lowest BCUT2D eigenvalue weighted by molar-refractivity contribution is 0.414. The number of hydrogen-bond acceptors (Lipinski definition) is 2. The fourth-order valence-corrected chi connectivity index (χ4v) is 2.54. The van der Waals surface area contributed by atoms with Crippen molar-refractivity contribution in [3.63, 3.8) is 0 Å². The summed E-state index contributed by atoms with van der Waals surface area (Å²) in [5.74, 6) is 1.38. The summed E-state index contributed by atoms with van der Waals surface area (Å²) < 4.78 is 5.38. The summed E-state index contributed by atoms with van der Waals surface area (Å²) in [5, 5.41) is 0. The van der Waals surface area contributed by atoms with Crippen LogP contribution in [0.5, 0.6) is 5.75 Å². The van der Waals surface area contributed by atoms with Crippen LogP contribution in [0.3, 0.4) is 0 Å². The molecule has 0 amide bonds. The zero-order valence-corrected chi connectivity index (χ0v) is 13.5. The van der Waals surface area contributed by atoms with Gasteiger partial charge in [0.1, 0.15) is 5.75 Å². The van der Waals surface area contributed by atoms with E-state index in [0.717, 1.165) is 17.0 Å². The lowest BCUT2D eigenvalue weighted by Gasteiger charge is -2.14. The molecule has 0 aliphatic rings. The fourth-order valence-electron chi connectivity index (χ4n) is 2.54. The third-order valence-corrected chi connectivity index (χ3v) is 3.50. The first kappa shape index (κ1) is 15.3. The van der Waals surface area contributed by atoms with Gasteiger partial charge in [-0.2, -0.15) is 0 Å². The summed E-state index contributed by atoms with van der Waals surface area (Å²) in [6, 6.07) is 10.3. The predicted molar refractivity (Wildman–Crippen MR) is 89.5 cm³/mol. The molecule has 0 unspecified atom stereocenters. The maximum Gasteiger partial charge on any atom is 0.119 e. The van der Waals surface area contributed by atoms with Crippen LogP contribution < -0.4 is 4.74 Å². The van der Waals surface area contributed by atoms with Crippen molar-refractivity contribution in [3.05, 3.63) is 53.7 Å². The molecule has 2 nitrogen and oxygen atoms in total. The van der Waals surface area contributed by atoms with Crippen LogP contribution in [-0.4, -0.2) is 12.1 Å². The number of ether oxygens (including phenoxy) is 1. The topological polar surface area (TPSA) is 22.1 Å². The van der Waals surface area contributed by atoms with Gasteiger partial charge in [-0.1, -0.05) is 26.0 Å². The Morgan fingerprint density at radius 3 is 2.62 bits per heavy atom. The molecule has 1 aromatic heterocycles. The van der Waals surface area contributed by atoms with Gasteiger partial charge >= 0.3 is 0 Å². The van der Waals surface area contributed by atoms with Crippen LogP contribution in [0.15, 0.2) is 42.6 Å². The molecular weight excluding hydrogens is 258 g/mol. The van der Waals surface area contributed by atoms with Gasteiger partial charge in [0.2, 0.25) is 0 Å². The summed E-state index contributed by atoms with van der Waals surface area (Å²) in [6.45, 7) is 8.62. The molecule has 0 bridgehead atoms. The van der Waals surface area contributed by atoms with E-state index >= 15 is 0 Å². The van der Waals surface area contributed by atoms with Gasteiger partial charge in [0.05, 0.1) is 12.8 Å². The van der Waals surface area contributed by atoms with Crippen molar-refractivity contribution in [2.24, 2.45) is 5.92 Å². The Morgan fingerprint density at radius 1 is 1.24 bits per heavy atom. The van der Waals surface area contributed by atoms with Crippen LogP contribution in [0.1, 0.15) is 31.9 Å². The minimum Gasteiger partial charge on any atom is -0.497 e. The van der Waals surface area contributed by atoms with Gasteiger partial charge in [-0.05, 0) is 60.7 Å². The van der Waals surface area contributed by atoms with E-state index in [4.69, 9.17) is 4.74 Å². The van der Waals surface area contributed by atoms with Gasteiger partial charge in [0.15, 0.2) is 0 Å². The Labute approximate surface area is 127 Å². The molecule has 0 aliphatic heterocycles. The molecule has 0 saturated carbocycles. The van der Waals surface area contributed by atoms with Gasteiger partial charge in [-0.3, -0.25) is 4.98 Å². The van der Waals surface area contributed by atoms with Crippen LogP contribution in [0, 0.1) is 12.8 Å². The SMILES string of the molecule is COc1ccc(-c2ncccc2C)c(/C(C)=C/C(C)C)c1. The quantitative estimate of drug-likeness (QED) is 0.775. The van der Waals surface area contributed by atoms with Crippen LogP contribution in [0.4, 0.5) is 0 Å². The van der Waals surface area contributed by atoms with Crippen molar-refractivity contribution in [2.75, 3.05) is 7.11 Å². The molecule has 0 spiro atoms. The summed E-state index contributed by atoms with van der Waals surface area (Å²) in [7, 11) is 1.70. The number of rotatable bonds is 4. The normalized spacial score (nSPS) is 11.8. The summed E-state index contributed by atoms with van der Waals surface area (Å²) in [4.78, 5) is 4.56. The van der Waals surface area contributed by atoms with E-state index < -0.39 is 0 Å². The molecule has 0 aliphatic carbocycles. The molecule has 2 rings (SSSR count). The first-order valence-electron chi connectivity index (χ1n) is 7.31. The smallest absolute Gasteiger partial charge is 0.119 e. The molecule has 1 heterocycles. The third kappa shape index (κ3) is 3.52. The predicted octanol–water partition coefficient (Wildman–Crippen LogP) is 5.12. The van der Waals surface area contributed by atoms with E-state index in [1.54, 1.807) is 7.11 Å². The number of hydrogen-bond donors (Lipinski definition) is 0. The van der Waals surface area contributed by atoms with Crippen LogP contribution in [0.25, 0.3) is 16.8 Å². The van der Waals surface area contributed by atoms with E-state index in [9.17, 15) is 0 Å². The number of methoxy groups -OCH3 is 1. The number of allylic oxidation sites excluding steroid dienone is 2. The minimum atomic E-state index is 0.508. The highest BCUT2D eigenvalue weighted by Gasteiger charge is 2.11. The standard InChI is InChI=1S/C19H23NO/c1-13(2)11-15(4)18-12-16(21-5)8-9-17(18)19-14(3)7-6-10-20-19/h6-13H,1-5H3/b15-11+. The van der Waals surface area contributed by atoms with E-state index in [0.29, 0.717) is 5.92 Å². The zero-order valence-electron chi connectivity index (χ0n) is 13.5. The highest BCUT2D eigenvalue weighted by Crippen LogP contribution is 2.33.